The Kier molecular flexibility index (Phi) is 6.98. The molecule has 1 atom stereocenters. The smallest absolute Gasteiger partial charge is 0.220 e. The van der Waals surface area contributed by atoms with Gasteiger partial charge in [-0.05, 0) is 49.6 Å². The largest absolute Gasteiger partial charge is 0.393 e. The molecule has 102 valence electrons. The van der Waals surface area contributed by atoms with E-state index in [2.05, 4.69) is 23.7 Å². The maximum Gasteiger partial charge on any atom is 0.220 e. The molecule has 0 bridgehead atoms. The summed E-state index contributed by atoms with van der Waals surface area (Å²) < 4.78 is 0. The third-order valence-electron chi connectivity index (χ3n) is 3.05. The van der Waals surface area contributed by atoms with Crippen molar-refractivity contribution in [2.45, 2.75) is 52.1 Å². The third kappa shape index (κ3) is 5.65. The van der Waals surface area contributed by atoms with E-state index in [9.17, 15) is 9.90 Å². The lowest BCUT2D eigenvalue weighted by Crippen LogP contribution is -2.26. The number of hydrogen-bond donors (Lipinski definition) is 2. The lowest BCUT2D eigenvalue weighted by Gasteiger charge is -2.08. The van der Waals surface area contributed by atoms with Gasteiger partial charge in [-0.15, -0.1) is 11.3 Å². The van der Waals surface area contributed by atoms with Gasteiger partial charge in [-0.25, -0.2) is 0 Å². The van der Waals surface area contributed by atoms with Gasteiger partial charge in [0.2, 0.25) is 5.91 Å². The van der Waals surface area contributed by atoms with E-state index in [1.54, 1.807) is 11.3 Å². The molecule has 1 aromatic heterocycles. The van der Waals surface area contributed by atoms with Crippen LogP contribution in [0.25, 0.3) is 0 Å². The first-order chi connectivity index (χ1) is 8.63. The van der Waals surface area contributed by atoms with Crippen molar-refractivity contribution in [1.82, 2.24) is 5.32 Å². The number of hydrogen-bond acceptors (Lipinski definition) is 3. The summed E-state index contributed by atoms with van der Waals surface area (Å²) in [7, 11) is 0. The van der Waals surface area contributed by atoms with E-state index in [1.165, 1.54) is 10.4 Å². The van der Waals surface area contributed by atoms with Gasteiger partial charge in [-0.2, -0.15) is 0 Å². The molecule has 3 nitrogen and oxygen atoms in total. The van der Waals surface area contributed by atoms with Gasteiger partial charge >= 0.3 is 0 Å². The van der Waals surface area contributed by atoms with Crippen LogP contribution in [-0.2, 0) is 11.2 Å². The summed E-state index contributed by atoms with van der Waals surface area (Å²) in [5.74, 6) is 0.0903. The fraction of sp³-hybridized carbons (Fsp3) is 0.643. The Balaban J connectivity index is 2.09. The quantitative estimate of drug-likeness (QED) is 0.762. The number of carbonyl (C=O) groups excluding carboxylic acids is 1. The van der Waals surface area contributed by atoms with Crippen LogP contribution < -0.4 is 5.32 Å². The van der Waals surface area contributed by atoms with Crippen molar-refractivity contribution >= 4 is 17.2 Å². The molecular weight excluding hydrogens is 246 g/mol. The molecule has 1 heterocycles. The first kappa shape index (κ1) is 15.2. The lowest BCUT2D eigenvalue weighted by molar-refractivity contribution is -0.121. The van der Waals surface area contributed by atoms with Gasteiger partial charge in [-0.3, -0.25) is 4.79 Å². The highest BCUT2D eigenvalue weighted by Crippen LogP contribution is 2.17. The van der Waals surface area contributed by atoms with Crippen LogP contribution in [-0.4, -0.2) is 23.7 Å². The van der Waals surface area contributed by atoms with Gasteiger partial charge in [0.25, 0.3) is 0 Å². The summed E-state index contributed by atoms with van der Waals surface area (Å²) in [5, 5.41) is 14.3. The van der Waals surface area contributed by atoms with Crippen molar-refractivity contribution in [2.75, 3.05) is 6.54 Å². The van der Waals surface area contributed by atoms with E-state index in [4.69, 9.17) is 0 Å². The number of carbonyl (C=O) groups is 1. The monoisotopic (exact) mass is 269 g/mol. The molecule has 2 N–H and O–H groups in total. The zero-order valence-electron chi connectivity index (χ0n) is 11.2. The summed E-state index contributed by atoms with van der Waals surface area (Å²) >= 11 is 1.76. The maximum atomic E-state index is 11.5. The molecule has 0 spiro atoms. The van der Waals surface area contributed by atoms with Gasteiger partial charge in [0.15, 0.2) is 0 Å². The average molecular weight is 269 g/mol. The molecule has 0 aromatic carbocycles. The minimum Gasteiger partial charge on any atom is -0.393 e. The van der Waals surface area contributed by atoms with E-state index in [-0.39, 0.29) is 12.0 Å². The molecule has 0 saturated carbocycles. The normalized spacial score (nSPS) is 12.4. The van der Waals surface area contributed by atoms with E-state index < -0.39 is 0 Å². The molecule has 18 heavy (non-hydrogen) atoms. The summed E-state index contributed by atoms with van der Waals surface area (Å²) in [6, 6.07) is 2.12. The van der Waals surface area contributed by atoms with E-state index >= 15 is 0 Å². The number of thiophene rings is 1. The predicted octanol–water partition coefficient (Wildman–Crippen LogP) is 2.66. The van der Waals surface area contributed by atoms with Crippen LogP contribution in [0.2, 0.25) is 0 Å². The number of rotatable bonds is 8. The van der Waals surface area contributed by atoms with Gasteiger partial charge in [0.05, 0.1) is 6.10 Å². The molecule has 1 unspecified atom stereocenters. The second-order valence-corrected chi connectivity index (χ2v) is 5.58. The molecular formula is C14H23NO2S. The highest BCUT2D eigenvalue weighted by molar-refractivity contribution is 7.10. The Hall–Kier alpha value is -0.870. The molecule has 0 aliphatic carbocycles. The summed E-state index contributed by atoms with van der Waals surface area (Å²) in [6.07, 6.45) is 3.54. The van der Waals surface area contributed by atoms with Crippen LogP contribution in [0.4, 0.5) is 0 Å². The summed E-state index contributed by atoms with van der Waals surface area (Å²) in [5.41, 5.74) is 1.33. The fourth-order valence-corrected chi connectivity index (χ4v) is 2.69. The molecule has 1 amide bonds. The zero-order chi connectivity index (χ0) is 13.4. The second kappa shape index (κ2) is 8.27. The lowest BCUT2D eigenvalue weighted by atomic mass is 10.1. The Bertz CT molecular complexity index is 362. The van der Waals surface area contributed by atoms with Gasteiger partial charge in [-0.1, -0.05) is 6.92 Å². The highest BCUT2D eigenvalue weighted by Gasteiger charge is 2.05. The first-order valence-corrected chi connectivity index (χ1v) is 7.49. The minimum absolute atomic E-state index is 0.0903. The Labute approximate surface area is 113 Å². The van der Waals surface area contributed by atoms with Crippen LogP contribution in [0, 0.1) is 6.92 Å². The van der Waals surface area contributed by atoms with Gasteiger partial charge < -0.3 is 10.4 Å². The molecule has 0 aliphatic heterocycles. The zero-order valence-corrected chi connectivity index (χ0v) is 12.1. The van der Waals surface area contributed by atoms with Crippen molar-refractivity contribution in [3.05, 3.63) is 21.9 Å². The first-order valence-electron chi connectivity index (χ1n) is 6.61. The van der Waals surface area contributed by atoms with Crippen LogP contribution in [0.3, 0.4) is 0 Å². The fourth-order valence-electron chi connectivity index (χ4n) is 1.74. The van der Waals surface area contributed by atoms with Crippen molar-refractivity contribution in [1.29, 1.82) is 0 Å². The maximum absolute atomic E-state index is 11.5. The molecule has 0 saturated heterocycles. The van der Waals surface area contributed by atoms with E-state index in [0.717, 1.165) is 19.3 Å². The van der Waals surface area contributed by atoms with Crippen molar-refractivity contribution < 1.29 is 9.90 Å². The number of amides is 1. The SMILES string of the molecule is CCC(O)CCNC(=O)CCCc1sccc1C. The molecule has 0 aliphatic rings. The van der Waals surface area contributed by atoms with Gasteiger partial charge in [0.1, 0.15) is 0 Å². The number of nitrogens with one attached hydrogen (secondary N) is 1. The Morgan fingerprint density at radius 3 is 2.94 bits per heavy atom. The third-order valence-corrected chi connectivity index (χ3v) is 4.13. The number of aryl methyl sites for hydroxylation is 2. The molecule has 4 heteroatoms. The standard InChI is InChI=1S/C14H23NO2S/c1-3-12(16)7-9-15-14(17)6-4-5-13-11(2)8-10-18-13/h8,10,12,16H,3-7,9H2,1-2H3,(H,15,17). The summed E-state index contributed by atoms with van der Waals surface area (Å²) in [6.45, 7) is 4.62. The topological polar surface area (TPSA) is 49.3 Å². The summed E-state index contributed by atoms with van der Waals surface area (Å²) in [4.78, 5) is 12.9. The minimum atomic E-state index is -0.293. The average Bonchev–Trinajstić information content (AvgIpc) is 2.75. The van der Waals surface area contributed by atoms with E-state index in [0.29, 0.717) is 19.4 Å². The molecule has 0 fully saturated rings. The molecule has 1 aromatic rings. The van der Waals surface area contributed by atoms with Crippen LogP contribution >= 0.6 is 11.3 Å². The van der Waals surface area contributed by atoms with Crippen molar-refractivity contribution in [3.63, 3.8) is 0 Å². The highest BCUT2D eigenvalue weighted by atomic mass is 32.1. The number of aliphatic hydroxyl groups excluding tert-OH is 1. The Morgan fingerprint density at radius 2 is 2.33 bits per heavy atom. The molecule has 0 radical (unpaired) electrons. The predicted molar refractivity (Wildman–Crippen MR) is 75.9 cm³/mol. The second-order valence-electron chi connectivity index (χ2n) is 4.58. The van der Waals surface area contributed by atoms with Crippen molar-refractivity contribution in [2.24, 2.45) is 0 Å². The van der Waals surface area contributed by atoms with E-state index in [1.807, 2.05) is 6.92 Å². The Morgan fingerprint density at radius 1 is 1.56 bits per heavy atom. The van der Waals surface area contributed by atoms with Crippen LogP contribution in [0.1, 0.15) is 43.0 Å². The van der Waals surface area contributed by atoms with Crippen LogP contribution in [0.5, 0.6) is 0 Å². The van der Waals surface area contributed by atoms with Gasteiger partial charge in [0, 0.05) is 17.8 Å². The van der Waals surface area contributed by atoms with Crippen LogP contribution in [0.15, 0.2) is 11.4 Å². The number of aliphatic hydroxyl groups is 1. The van der Waals surface area contributed by atoms with Crippen molar-refractivity contribution in [3.8, 4) is 0 Å². The molecule has 1 rings (SSSR count).